The van der Waals surface area contributed by atoms with Crippen molar-refractivity contribution in [2.24, 2.45) is 11.8 Å². The third-order valence-electron chi connectivity index (χ3n) is 4.65. The Morgan fingerprint density at radius 2 is 2.00 bits per heavy atom. The molecular formula is C18H28N2O. The average Bonchev–Trinajstić information content (AvgIpc) is 2.49. The van der Waals surface area contributed by atoms with Crippen molar-refractivity contribution in [2.45, 2.75) is 58.8 Å². The van der Waals surface area contributed by atoms with Crippen molar-refractivity contribution in [3.63, 3.8) is 0 Å². The zero-order chi connectivity index (χ0) is 15.2. The number of amides is 1. The molecule has 0 radical (unpaired) electrons. The molecule has 0 bridgehead atoms. The van der Waals surface area contributed by atoms with Crippen molar-refractivity contribution in [2.75, 3.05) is 11.1 Å². The Hall–Kier alpha value is -1.51. The number of anilines is 2. The number of nitrogens with two attached hydrogens (primary N) is 1. The molecular weight excluding hydrogens is 260 g/mol. The molecule has 116 valence electrons. The van der Waals surface area contributed by atoms with Crippen LogP contribution >= 0.6 is 0 Å². The molecule has 1 aliphatic rings. The Morgan fingerprint density at radius 3 is 2.67 bits per heavy atom. The van der Waals surface area contributed by atoms with Gasteiger partial charge in [0.1, 0.15) is 0 Å². The third kappa shape index (κ3) is 4.48. The Bertz CT molecular complexity index is 476. The lowest BCUT2D eigenvalue weighted by atomic mass is 9.79. The van der Waals surface area contributed by atoms with E-state index in [0.717, 1.165) is 30.0 Å². The number of rotatable bonds is 5. The molecule has 1 fully saturated rings. The summed E-state index contributed by atoms with van der Waals surface area (Å²) in [5, 5.41) is 3.01. The molecule has 1 aromatic rings. The van der Waals surface area contributed by atoms with Gasteiger partial charge in [0.25, 0.3) is 0 Å². The van der Waals surface area contributed by atoms with Crippen LogP contribution in [-0.2, 0) is 4.79 Å². The van der Waals surface area contributed by atoms with Gasteiger partial charge in [-0.3, -0.25) is 4.79 Å². The van der Waals surface area contributed by atoms with Crippen LogP contribution in [0.4, 0.5) is 11.4 Å². The molecule has 3 N–H and O–H groups in total. The van der Waals surface area contributed by atoms with Crippen molar-refractivity contribution < 1.29 is 4.79 Å². The zero-order valence-electron chi connectivity index (χ0n) is 13.3. The topological polar surface area (TPSA) is 55.1 Å². The van der Waals surface area contributed by atoms with Crippen molar-refractivity contribution in [1.82, 2.24) is 0 Å². The predicted molar refractivity (Wildman–Crippen MR) is 89.2 cm³/mol. The van der Waals surface area contributed by atoms with Gasteiger partial charge in [-0.25, -0.2) is 0 Å². The van der Waals surface area contributed by atoms with Crippen molar-refractivity contribution in [3.05, 3.63) is 23.8 Å². The van der Waals surface area contributed by atoms with E-state index >= 15 is 0 Å². The molecule has 0 saturated heterocycles. The minimum atomic E-state index is 0.140. The number of unbranched alkanes of at least 4 members (excludes halogenated alkanes) is 1. The highest BCUT2D eigenvalue weighted by Gasteiger charge is 2.26. The Kier molecular flexibility index (Phi) is 5.66. The van der Waals surface area contributed by atoms with Crippen LogP contribution in [0, 0.1) is 18.8 Å². The van der Waals surface area contributed by atoms with E-state index in [1.54, 1.807) is 0 Å². The number of aryl methyl sites for hydroxylation is 1. The number of carbonyl (C=O) groups excluding carboxylic acids is 1. The molecule has 1 aliphatic carbocycles. The van der Waals surface area contributed by atoms with Crippen LogP contribution in [-0.4, -0.2) is 5.91 Å². The van der Waals surface area contributed by atoms with Crippen LogP contribution in [0.2, 0.25) is 0 Å². The quantitative estimate of drug-likeness (QED) is 0.783. The van der Waals surface area contributed by atoms with E-state index in [9.17, 15) is 4.79 Å². The van der Waals surface area contributed by atoms with Crippen LogP contribution < -0.4 is 11.1 Å². The number of nitrogens with one attached hydrogen (secondary N) is 1. The van der Waals surface area contributed by atoms with Crippen molar-refractivity contribution >= 4 is 17.3 Å². The minimum absolute atomic E-state index is 0.140. The van der Waals surface area contributed by atoms with Crippen molar-refractivity contribution in [1.29, 1.82) is 0 Å². The summed E-state index contributed by atoms with van der Waals surface area (Å²) in [7, 11) is 0. The maximum atomic E-state index is 12.4. The molecule has 2 rings (SSSR count). The fourth-order valence-corrected chi connectivity index (χ4v) is 3.22. The standard InChI is InChI=1S/C18H28N2O/c1-3-4-5-14-7-9-15(10-8-14)18(21)20-17-12-13(2)6-11-16(17)19/h6,11-12,14-15H,3-5,7-10,19H2,1-2H3,(H,20,21). The van der Waals surface area contributed by atoms with Gasteiger partial charge in [0.15, 0.2) is 0 Å². The van der Waals surface area contributed by atoms with Gasteiger partial charge in [0.2, 0.25) is 5.91 Å². The molecule has 0 heterocycles. The molecule has 21 heavy (non-hydrogen) atoms. The van der Waals surface area contributed by atoms with Gasteiger partial charge < -0.3 is 11.1 Å². The first-order valence-corrected chi connectivity index (χ1v) is 8.27. The smallest absolute Gasteiger partial charge is 0.227 e. The number of hydrogen-bond donors (Lipinski definition) is 2. The molecule has 0 spiro atoms. The molecule has 1 saturated carbocycles. The summed E-state index contributed by atoms with van der Waals surface area (Å²) in [6.07, 6.45) is 8.35. The highest BCUT2D eigenvalue weighted by Crippen LogP contribution is 2.33. The number of nitrogen functional groups attached to an aromatic ring is 1. The summed E-state index contributed by atoms with van der Waals surface area (Å²) in [5.41, 5.74) is 8.44. The van der Waals surface area contributed by atoms with E-state index in [-0.39, 0.29) is 11.8 Å². The summed E-state index contributed by atoms with van der Waals surface area (Å²) < 4.78 is 0. The van der Waals surface area contributed by atoms with E-state index < -0.39 is 0 Å². The van der Waals surface area contributed by atoms with Gasteiger partial charge >= 0.3 is 0 Å². The Balaban J connectivity index is 1.86. The van der Waals surface area contributed by atoms with Crippen LogP contribution in [0.5, 0.6) is 0 Å². The van der Waals surface area contributed by atoms with Gasteiger partial charge in [0.05, 0.1) is 11.4 Å². The molecule has 1 amide bonds. The van der Waals surface area contributed by atoms with Crippen LogP contribution in [0.15, 0.2) is 18.2 Å². The molecule has 3 nitrogen and oxygen atoms in total. The summed E-state index contributed by atoms with van der Waals surface area (Å²) in [4.78, 5) is 12.4. The average molecular weight is 288 g/mol. The second-order valence-corrected chi connectivity index (χ2v) is 6.44. The van der Waals surface area contributed by atoms with Crippen LogP contribution in [0.25, 0.3) is 0 Å². The first kappa shape index (κ1) is 15.9. The van der Waals surface area contributed by atoms with E-state index in [1.165, 1.54) is 32.1 Å². The first-order valence-electron chi connectivity index (χ1n) is 8.27. The van der Waals surface area contributed by atoms with E-state index in [1.807, 2.05) is 25.1 Å². The second kappa shape index (κ2) is 7.48. The van der Waals surface area contributed by atoms with Gasteiger partial charge in [-0.15, -0.1) is 0 Å². The summed E-state index contributed by atoms with van der Waals surface area (Å²) in [6.45, 7) is 4.25. The lowest BCUT2D eigenvalue weighted by Gasteiger charge is -2.27. The normalized spacial score (nSPS) is 22.0. The zero-order valence-corrected chi connectivity index (χ0v) is 13.3. The van der Waals surface area contributed by atoms with Gasteiger partial charge in [-0.1, -0.05) is 32.3 Å². The third-order valence-corrected chi connectivity index (χ3v) is 4.65. The maximum Gasteiger partial charge on any atom is 0.227 e. The second-order valence-electron chi connectivity index (χ2n) is 6.44. The van der Waals surface area contributed by atoms with Crippen LogP contribution in [0.1, 0.15) is 57.4 Å². The monoisotopic (exact) mass is 288 g/mol. The lowest BCUT2D eigenvalue weighted by molar-refractivity contribution is -0.121. The van der Waals surface area contributed by atoms with Gasteiger partial charge in [0, 0.05) is 5.92 Å². The number of hydrogen-bond acceptors (Lipinski definition) is 2. The molecule has 0 aromatic heterocycles. The fraction of sp³-hybridized carbons (Fsp3) is 0.611. The highest BCUT2D eigenvalue weighted by molar-refractivity contribution is 5.95. The number of carbonyl (C=O) groups is 1. The molecule has 1 aromatic carbocycles. The first-order chi connectivity index (χ1) is 10.1. The maximum absolute atomic E-state index is 12.4. The number of benzene rings is 1. The molecule has 0 atom stereocenters. The lowest BCUT2D eigenvalue weighted by Crippen LogP contribution is -2.27. The van der Waals surface area contributed by atoms with E-state index in [4.69, 9.17) is 5.73 Å². The molecule has 0 aliphatic heterocycles. The van der Waals surface area contributed by atoms with Gasteiger partial charge in [-0.05, 0) is 56.2 Å². The summed E-state index contributed by atoms with van der Waals surface area (Å²) >= 11 is 0. The van der Waals surface area contributed by atoms with Crippen LogP contribution in [0.3, 0.4) is 0 Å². The Morgan fingerprint density at radius 1 is 1.29 bits per heavy atom. The largest absolute Gasteiger partial charge is 0.397 e. The highest BCUT2D eigenvalue weighted by atomic mass is 16.1. The fourth-order valence-electron chi connectivity index (χ4n) is 3.22. The van der Waals surface area contributed by atoms with E-state index in [2.05, 4.69) is 12.2 Å². The minimum Gasteiger partial charge on any atom is -0.397 e. The molecule has 3 heteroatoms. The van der Waals surface area contributed by atoms with Gasteiger partial charge in [-0.2, -0.15) is 0 Å². The summed E-state index contributed by atoms with van der Waals surface area (Å²) in [5.74, 6) is 1.13. The SMILES string of the molecule is CCCCC1CCC(C(=O)Nc2cc(C)ccc2N)CC1. The molecule has 0 unspecified atom stereocenters. The van der Waals surface area contributed by atoms with Crippen molar-refractivity contribution in [3.8, 4) is 0 Å². The van der Waals surface area contributed by atoms with E-state index in [0.29, 0.717) is 5.69 Å². The Labute approximate surface area is 128 Å². The predicted octanol–water partition coefficient (Wildman–Crippen LogP) is 4.51. The summed E-state index contributed by atoms with van der Waals surface area (Å²) in [6, 6.07) is 5.76.